The number of primary amides is 1. The van der Waals surface area contributed by atoms with Gasteiger partial charge in [-0.25, -0.2) is 0 Å². The Bertz CT molecular complexity index is 475. The minimum Gasteiger partial charge on any atom is -0.398 e. The van der Waals surface area contributed by atoms with Crippen molar-refractivity contribution in [2.75, 3.05) is 31.2 Å². The number of nitrogens with two attached hydrogens (primary N) is 2. The molecule has 1 heterocycles. The third-order valence-electron chi connectivity index (χ3n) is 3.78. The predicted molar refractivity (Wildman–Crippen MR) is 78.1 cm³/mol. The second-order valence-corrected chi connectivity index (χ2v) is 5.45. The molecule has 0 bridgehead atoms. The zero-order valence-electron chi connectivity index (χ0n) is 11.5. The topological polar surface area (TPSA) is 84.4 Å². The van der Waals surface area contributed by atoms with Crippen LogP contribution in [0.4, 0.5) is 11.4 Å². The molecular weight excluding hydrogens is 240 g/mol. The van der Waals surface area contributed by atoms with Crippen molar-refractivity contribution < 1.29 is 4.79 Å². The number of amides is 1. The van der Waals surface area contributed by atoms with Crippen LogP contribution in [-0.4, -0.2) is 37.0 Å². The average molecular weight is 262 g/mol. The van der Waals surface area contributed by atoms with E-state index >= 15 is 0 Å². The predicted octanol–water partition coefficient (Wildman–Crippen LogP) is 1.12. The third-order valence-corrected chi connectivity index (χ3v) is 3.78. The molecular formula is C14H22N4O. The summed E-state index contributed by atoms with van der Waals surface area (Å²) in [4.78, 5) is 13.6. The molecule has 0 saturated carbocycles. The van der Waals surface area contributed by atoms with E-state index in [2.05, 4.69) is 24.2 Å². The highest BCUT2D eigenvalue weighted by Crippen LogP contribution is 2.23. The van der Waals surface area contributed by atoms with Crippen LogP contribution in [0.15, 0.2) is 18.2 Å². The molecule has 5 heteroatoms. The summed E-state index contributed by atoms with van der Waals surface area (Å²) in [5.41, 5.74) is 12.8. The number of nitrogens with zero attached hydrogens (tertiary/aromatic N) is 1. The van der Waals surface area contributed by atoms with Gasteiger partial charge in [0.15, 0.2) is 0 Å². The van der Waals surface area contributed by atoms with Gasteiger partial charge >= 0.3 is 0 Å². The van der Waals surface area contributed by atoms with E-state index in [1.165, 1.54) is 0 Å². The van der Waals surface area contributed by atoms with Gasteiger partial charge in [-0.2, -0.15) is 0 Å². The number of piperidine rings is 1. The number of likely N-dealkylation sites (tertiary alicyclic amines) is 1. The van der Waals surface area contributed by atoms with E-state index in [1.807, 2.05) is 6.07 Å². The molecule has 0 spiro atoms. The lowest BCUT2D eigenvalue weighted by Crippen LogP contribution is -2.43. The third kappa shape index (κ3) is 3.17. The zero-order chi connectivity index (χ0) is 14.0. The largest absolute Gasteiger partial charge is 0.398 e. The van der Waals surface area contributed by atoms with Crippen LogP contribution >= 0.6 is 0 Å². The van der Waals surface area contributed by atoms with E-state index in [4.69, 9.17) is 11.5 Å². The quantitative estimate of drug-likeness (QED) is 0.713. The van der Waals surface area contributed by atoms with Gasteiger partial charge < -0.3 is 21.7 Å². The number of rotatable bonds is 3. The summed E-state index contributed by atoms with van der Waals surface area (Å²) in [5.74, 6) is 0.0749. The first kappa shape index (κ1) is 13.7. The molecule has 1 saturated heterocycles. The van der Waals surface area contributed by atoms with Crippen molar-refractivity contribution in [3.8, 4) is 0 Å². The minimum atomic E-state index is -0.488. The van der Waals surface area contributed by atoms with Crippen molar-refractivity contribution in [2.45, 2.75) is 19.4 Å². The number of nitrogens with one attached hydrogen (secondary N) is 1. The number of nitrogen functional groups attached to an aromatic ring is 1. The van der Waals surface area contributed by atoms with E-state index in [9.17, 15) is 4.79 Å². The Morgan fingerprint density at radius 2 is 2.21 bits per heavy atom. The summed E-state index contributed by atoms with van der Waals surface area (Å²) in [5, 5.41) is 3.48. The fourth-order valence-electron chi connectivity index (χ4n) is 2.64. The summed E-state index contributed by atoms with van der Waals surface area (Å²) in [7, 11) is 2.14. The highest BCUT2D eigenvalue weighted by Gasteiger charge is 2.24. The van der Waals surface area contributed by atoms with Gasteiger partial charge in [0.25, 0.3) is 5.91 Å². The van der Waals surface area contributed by atoms with Gasteiger partial charge in [-0.05, 0) is 44.1 Å². The van der Waals surface area contributed by atoms with Crippen LogP contribution < -0.4 is 16.8 Å². The lowest BCUT2D eigenvalue weighted by molar-refractivity contribution is 0.100. The van der Waals surface area contributed by atoms with Crippen molar-refractivity contribution in [1.82, 2.24) is 4.90 Å². The molecule has 1 aromatic carbocycles. The van der Waals surface area contributed by atoms with E-state index in [1.54, 1.807) is 12.1 Å². The maximum Gasteiger partial charge on any atom is 0.250 e. The van der Waals surface area contributed by atoms with Gasteiger partial charge in [-0.3, -0.25) is 4.79 Å². The summed E-state index contributed by atoms with van der Waals surface area (Å²) in [6.07, 6.45) is 1.09. The lowest BCUT2D eigenvalue weighted by Gasteiger charge is -2.35. The molecule has 1 aliphatic heterocycles. The Morgan fingerprint density at radius 1 is 1.47 bits per heavy atom. The second kappa shape index (κ2) is 5.48. The molecule has 1 aliphatic rings. The molecule has 19 heavy (non-hydrogen) atoms. The molecule has 5 nitrogen and oxygen atoms in total. The number of benzene rings is 1. The Hall–Kier alpha value is -1.75. The molecule has 104 valence electrons. The molecule has 2 unspecified atom stereocenters. The molecule has 2 atom stereocenters. The first-order chi connectivity index (χ1) is 8.97. The monoisotopic (exact) mass is 262 g/mol. The maximum absolute atomic E-state index is 11.3. The first-order valence-corrected chi connectivity index (χ1v) is 6.62. The highest BCUT2D eigenvalue weighted by atomic mass is 16.1. The SMILES string of the molecule is CC1CN(C)CCC1Nc1ccc(N)c(C(N)=O)c1. The van der Waals surface area contributed by atoms with Gasteiger partial charge in [0.2, 0.25) is 0 Å². The van der Waals surface area contributed by atoms with Gasteiger partial charge in [-0.15, -0.1) is 0 Å². The first-order valence-electron chi connectivity index (χ1n) is 6.62. The number of hydrogen-bond acceptors (Lipinski definition) is 4. The molecule has 1 amide bonds. The van der Waals surface area contributed by atoms with Gasteiger partial charge in [0, 0.05) is 24.0 Å². The van der Waals surface area contributed by atoms with E-state index in [-0.39, 0.29) is 0 Å². The zero-order valence-corrected chi connectivity index (χ0v) is 11.5. The Kier molecular flexibility index (Phi) is 3.95. The standard InChI is InChI=1S/C14H22N4O/c1-9-8-18(2)6-5-13(9)17-10-3-4-12(15)11(7-10)14(16)19/h3-4,7,9,13,17H,5-6,8,15H2,1-2H3,(H2,16,19). The lowest BCUT2D eigenvalue weighted by atomic mass is 9.94. The molecule has 5 N–H and O–H groups in total. The van der Waals surface area contributed by atoms with Crippen molar-refractivity contribution in [3.05, 3.63) is 23.8 Å². The highest BCUT2D eigenvalue weighted by molar-refractivity contribution is 5.98. The molecule has 0 aliphatic carbocycles. The summed E-state index contributed by atoms with van der Waals surface area (Å²) in [6, 6.07) is 5.78. The maximum atomic E-state index is 11.3. The van der Waals surface area contributed by atoms with Crippen LogP contribution in [-0.2, 0) is 0 Å². The van der Waals surface area contributed by atoms with Crippen LogP contribution in [0.2, 0.25) is 0 Å². The van der Waals surface area contributed by atoms with Gasteiger partial charge in [-0.1, -0.05) is 6.92 Å². The van der Waals surface area contributed by atoms with Crippen molar-refractivity contribution in [1.29, 1.82) is 0 Å². The molecule has 2 rings (SSSR count). The Balaban J connectivity index is 2.11. The molecule has 1 aromatic rings. The normalized spacial score (nSPS) is 24.1. The van der Waals surface area contributed by atoms with Crippen LogP contribution in [0.5, 0.6) is 0 Å². The summed E-state index contributed by atoms with van der Waals surface area (Å²) < 4.78 is 0. The van der Waals surface area contributed by atoms with E-state index in [0.717, 1.165) is 25.2 Å². The van der Waals surface area contributed by atoms with Crippen LogP contribution in [0.1, 0.15) is 23.7 Å². The number of anilines is 2. The summed E-state index contributed by atoms with van der Waals surface area (Å²) >= 11 is 0. The fraction of sp³-hybridized carbons (Fsp3) is 0.500. The van der Waals surface area contributed by atoms with Crippen molar-refractivity contribution in [3.63, 3.8) is 0 Å². The second-order valence-electron chi connectivity index (χ2n) is 5.45. The minimum absolute atomic E-state index is 0.380. The molecule has 1 fully saturated rings. The number of carbonyl (C=O) groups is 1. The van der Waals surface area contributed by atoms with Crippen molar-refractivity contribution >= 4 is 17.3 Å². The molecule has 0 aromatic heterocycles. The summed E-state index contributed by atoms with van der Waals surface area (Å²) in [6.45, 7) is 4.40. The van der Waals surface area contributed by atoms with Crippen LogP contribution in [0.3, 0.4) is 0 Å². The van der Waals surface area contributed by atoms with E-state index in [0.29, 0.717) is 23.2 Å². The van der Waals surface area contributed by atoms with Gasteiger partial charge in [0.05, 0.1) is 5.56 Å². The number of carbonyl (C=O) groups excluding carboxylic acids is 1. The fourth-order valence-corrected chi connectivity index (χ4v) is 2.64. The van der Waals surface area contributed by atoms with Crippen molar-refractivity contribution in [2.24, 2.45) is 11.7 Å². The van der Waals surface area contributed by atoms with Crippen LogP contribution in [0, 0.1) is 5.92 Å². The molecule has 0 radical (unpaired) electrons. The average Bonchev–Trinajstić information content (AvgIpc) is 2.34. The Morgan fingerprint density at radius 3 is 2.84 bits per heavy atom. The number of hydrogen-bond donors (Lipinski definition) is 3. The van der Waals surface area contributed by atoms with Crippen LogP contribution in [0.25, 0.3) is 0 Å². The Labute approximate surface area is 113 Å². The van der Waals surface area contributed by atoms with E-state index < -0.39 is 5.91 Å². The smallest absolute Gasteiger partial charge is 0.250 e. The van der Waals surface area contributed by atoms with Gasteiger partial charge in [0.1, 0.15) is 0 Å².